The monoisotopic (exact) mass is 288 g/mol. The van der Waals surface area contributed by atoms with E-state index in [2.05, 4.69) is 0 Å². The molecule has 0 aromatic carbocycles. The van der Waals surface area contributed by atoms with Crippen molar-refractivity contribution < 1.29 is 4.79 Å². The van der Waals surface area contributed by atoms with Crippen LogP contribution < -0.4 is 0 Å². The maximum atomic E-state index is 12.8. The van der Waals surface area contributed by atoms with Gasteiger partial charge < -0.3 is 0 Å². The van der Waals surface area contributed by atoms with E-state index in [9.17, 15) is 4.79 Å². The average molecular weight is 288 g/mol. The van der Waals surface area contributed by atoms with E-state index in [1.54, 1.807) is 0 Å². The van der Waals surface area contributed by atoms with E-state index in [1.165, 1.54) is 83.5 Å². The second kappa shape index (κ2) is 9.69. The zero-order chi connectivity index (χ0) is 14.9. The number of hydrogen-bond acceptors (Lipinski definition) is 1. The highest BCUT2D eigenvalue weighted by Crippen LogP contribution is 2.34. The van der Waals surface area contributed by atoms with E-state index in [1.807, 2.05) is 0 Å². The van der Waals surface area contributed by atoms with Crippen LogP contribution in [0.15, 0.2) is 0 Å². The Kier molecular flexibility index (Phi) is 7.89. The second-order valence-electron chi connectivity index (χ2n) is 7.43. The molecule has 2 rings (SSSR count). The molecule has 2 aliphatic carbocycles. The molecule has 1 nitrogen and oxygen atoms in total. The van der Waals surface area contributed by atoms with Gasteiger partial charge in [-0.2, -0.15) is 0 Å². The van der Waals surface area contributed by atoms with Crippen LogP contribution in [0.3, 0.4) is 0 Å². The lowest BCUT2D eigenvalue weighted by molar-refractivity contribution is -0.124. The summed E-state index contributed by atoms with van der Waals surface area (Å²) in [7, 11) is 6.43. The molecule has 0 heterocycles. The van der Waals surface area contributed by atoms with Crippen molar-refractivity contribution in [2.45, 2.75) is 102 Å². The van der Waals surface area contributed by atoms with Crippen LogP contribution in [0.5, 0.6) is 0 Å². The van der Waals surface area contributed by atoms with Crippen LogP contribution >= 0.6 is 0 Å². The molecule has 0 amide bonds. The Labute approximate surface area is 133 Å². The van der Waals surface area contributed by atoms with E-state index in [0.29, 0.717) is 11.7 Å². The van der Waals surface area contributed by atoms with Crippen molar-refractivity contribution in [3.8, 4) is 0 Å². The summed E-state index contributed by atoms with van der Waals surface area (Å²) in [4.78, 5) is 12.8. The van der Waals surface area contributed by atoms with Crippen molar-refractivity contribution >= 4 is 13.6 Å². The third kappa shape index (κ3) is 5.79. The van der Waals surface area contributed by atoms with Crippen LogP contribution in [-0.2, 0) is 4.79 Å². The Morgan fingerprint density at radius 1 is 0.667 bits per heavy atom. The predicted molar refractivity (Wildman–Crippen MR) is 90.7 cm³/mol. The minimum Gasteiger partial charge on any atom is -0.300 e. The van der Waals surface area contributed by atoms with Gasteiger partial charge in [-0.05, 0) is 24.6 Å². The fraction of sp³-hybridized carbons (Fsp3) is 0.947. The summed E-state index contributed by atoms with van der Waals surface area (Å²) in [5, 5.41) is 0. The molecule has 118 valence electrons. The minimum absolute atomic E-state index is 0.174. The molecule has 2 fully saturated rings. The van der Waals surface area contributed by atoms with Crippen molar-refractivity contribution in [2.75, 3.05) is 0 Å². The quantitative estimate of drug-likeness (QED) is 0.616. The topological polar surface area (TPSA) is 17.1 Å². The second-order valence-corrected chi connectivity index (χ2v) is 7.43. The van der Waals surface area contributed by atoms with E-state index in [-0.39, 0.29) is 11.7 Å². The Morgan fingerprint density at radius 3 is 1.52 bits per heavy atom. The Balaban J connectivity index is 1.88. The summed E-state index contributed by atoms with van der Waals surface area (Å²) in [6.45, 7) is 0. The van der Waals surface area contributed by atoms with E-state index >= 15 is 0 Å². The van der Waals surface area contributed by atoms with Crippen LogP contribution in [-0.4, -0.2) is 13.6 Å². The van der Waals surface area contributed by atoms with Gasteiger partial charge in [0.15, 0.2) is 0 Å². The maximum Gasteiger partial charge on any atom is 0.130 e. The highest BCUT2D eigenvalue weighted by Gasteiger charge is 2.29. The maximum absolute atomic E-state index is 12.8. The molecule has 21 heavy (non-hydrogen) atoms. The van der Waals surface area contributed by atoms with Gasteiger partial charge in [0, 0.05) is 5.92 Å². The Hall–Kier alpha value is -0.265. The molecule has 0 aromatic rings. The minimum atomic E-state index is -0.174. The van der Waals surface area contributed by atoms with Crippen molar-refractivity contribution in [1.82, 2.24) is 0 Å². The van der Waals surface area contributed by atoms with Gasteiger partial charge >= 0.3 is 0 Å². The molecule has 0 bridgehead atoms. The molecule has 0 N–H and O–H groups in total. The molecule has 2 aliphatic rings. The number of carbonyl (C=O) groups is 1. The average Bonchev–Trinajstić information content (AvgIpc) is 2.59. The molecule has 2 heteroatoms. The van der Waals surface area contributed by atoms with Gasteiger partial charge in [-0.1, -0.05) is 83.5 Å². The molecule has 2 saturated carbocycles. The molecule has 0 spiro atoms. The summed E-state index contributed by atoms with van der Waals surface area (Å²) in [6, 6.07) is 0. The molecule has 0 saturated heterocycles. The first-order valence-electron chi connectivity index (χ1n) is 9.58. The zero-order valence-corrected chi connectivity index (χ0v) is 13.8. The van der Waals surface area contributed by atoms with Crippen molar-refractivity contribution in [2.24, 2.45) is 11.8 Å². The summed E-state index contributed by atoms with van der Waals surface area (Å²) >= 11 is 0. The number of hydrogen-bond donors (Lipinski definition) is 0. The molecule has 0 aromatic heterocycles. The zero-order valence-electron chi connectivity index (χ0n) is 13.8. The summed E-state index contributed by atoms with van der Waals surface area (Å²) in [5.74, 6) is 0.961. The van der Waals surface area contributed by atoms with E-state index in [0.717, 1.165) is 12.8 Å². The Bertz CT molecular complexity index is 284. The number of carbonyl (C=O) groups excluding carboxylic acids is 1. The molecule has 1 atom stereocenters. The summed E-state index contributed by atoms with van der Waals surface area (Å²) in [6.07, 6.45) is 18.9. The fourth-order valence-corrected chi connectivity index (χ4v) is 4.27. The normalized spacial score (nSPS) is 25.9. The van der Waals surface area contributed by atoms with Gasteiger partial charge in [-0.3, -0.25) is 4.79 Å². The lowest BCUT2D eigenvalue weighted by Crippen LogP contribution is -2.26. The van der Waals surface area contributed by atoms with Gasteiger partial charge in [-0.25, -0.2) is 0 Å². The fourth-order valence-electron chi connectivity index (χ4n) is 4.27. The van der Waals surface area contributed by atoms with Gasteiger partial charge in [0.05, 0.1) is 7.85 Å². The smallest absolute Gasteiger partial charge is 0.130 e. The Morgan fingerprint density at radius 2 is 1.05 bits per heavy atom. The van der Waals surface area contributed by atoms with Crippen LogP contribution in [0.25, 0.3) is 0 Å². The SMILES string of the molecule is [B]C(C(=O)C1CCCCCCC1)C1CCCCCCCC1. The third-order valence-electron chi connectivity index (χ3n) is 5.74. The highest BCUT2D eigenvalue weighted by atomic mass is 16.1. The third-order valence-corrected chi connectivity index (χ3v) is 5.74. The number of rotatable bonds is 3. The lowest BCUT2D eigenvalue weighted by Gasteiger charge is -2.28. The largest absolute Gasteiger partial charge is 0.300 e. The van der Waals surface area contributed by atoms with Crippen LogP contribution in [0.2, 0.25) is 5.82 Å². The molecule has 2 radical (unpaired) electrons. The van der Waals surface area contributed by atoms with E-state index < -0.39 is 0 Å². The highest BCUT2D eigenvalue weighted by molar-refractivity contribution is 6.24. The summed E-state index contributed by atoms with van der Waals surface area (Å²) in [5.41, 5.74) is 0. The number of ketones is 1. The molecule has 1 unspecified atom stereocenters. The standard InChI is InChI=1S/C19H33BO/c20-18(16-12-8-4-1-2-5-9-13-16)19(21)17-14-10-6-3-7-11-15-17/h16-18H,1-15H2. The van der Waals surface area contributed by atoms with Gasteiger partial charge in [0.1, 0.15) is 5.78 Å². The predicted octanol–water partition coefficient (Wildman–Crippen LogP) is 5.62. The summed E-state index contributed by atoms with van der Waals surface area (Å²) < 4.78 is 0. The van der Waals surface area contributed by atoms with Crippen LogP contribution in [0.4, 0.5) is 0 Å². The van der Waals surface area contributed by atoms with Gasteiger partial charge in [0.2, 0.25) is 0 Å². The van der Waals surface area contributed by atoms with Crippen LogP contribution in [0.1, 0.15) is 96.3 Å². The lowest BCUT2D eigenvalue weighted by atomic mass is 9.66. The number of Topliss-reactive ketones (excluding diaryl/α,β-unsaturated/α-hetero) is 1. The van der Waals surface area contributed by atoms with Crippen LogP contribution in [0, 0.1) is 11.8 Å². The molecular formula is C19H33BO. The van der Waals surface area contributed by atoms with E-state index in [4.69, 9.17) is 7.85 Å². The molecule has 0 aliphatic heterocycles. The van der Waals surface area contributed by atoms with Gasteiger partial charge in [-0.15, -0.1) is 0 Å². The first-order valence-corrected chi connectivity index (χ1v) is 9.58. The molecular weight excluding hydrogens is 255 g/mol. The van der Waals surface area contributed by atoms with Crippen molar-refractivity contribution in [3.05, 3.63) is 0 Å². The first kappa shape index (κ1) is 17.1. The van der Waals surface area contributed by atoms with Gasteiger partial charge in [0.25, 0.3) is 0 Å². The first-order chi connectivity index (χ1) is 10.3. The van der Waals surface area contributed by atoms with Crippen molar-refractivity contribution in [1.29, 1.82) is 0 Å². The van der Waals surface area contributed by atoms with Crippen molar-refractivity contribution in [3.63, 3.8) is 0 Å².